The molecule has 0 aliphatic rings. The average Bonchev–Trinajstić information content (AvgIpc) is 2.21. The minimum atomic E-state index is -0.264. The first-order valence-electron chi connectivity index (χ1n) is 5.05. The largest absolute Gasteiger partial charge is 0.330 e. The van der Waals surface area contributed by atoms with Gasteiger partial charge in [0, 0.05) is 5.56 Å². The molecular formula is C12H16FNO. The number of rotatable bonds is 4. The van der Waals surface area contributed by atoms with Gasteiger partial charge in [0.15, 0.2) is 0 Å². The Kier molecular flexibility index (Phi) is 3.97. The molecule has 0 saturated carbocycles. The van der Waals surface area contributed by atoms with Gasteiger partial charge in [-0.05, 0) is 49.1 Å². The van der Waals surface area contributed by atoms with Gasteiger partial charge in [0.25, 0.3) is 0 Å². The Morgan fingerprint density at radius 1 is 1.53 bits per heavy atom. The van der Waals surface area contributed by atoms with Gasteiger partial charge in [-0.2, -0.15) is 0 Å². The van der Waals surface area contributed by atoms with Crippen LogP contribution in [-0.4, -0.2) is 12.8 Å². The Bertz CT molecular complexity index is 363. The van der Waals surface area contributed by atoms with Crippen LogP contribution in [-0.2, 0) is 0 Å². The van der Waals surface area contributed by atoms with Crippen molar-refractivity contribution < 1.29 is 9.18 Å². The SMILES string of the molecule is Cc1cc(C=O)c(C(C)CCN)cc1F. The fourth-order valence-corrected chi connectivity index (χ4v) is 1.65. The van der Waals surface area contributed by atoms with Crippen LogP contribution in [0.1, 0.15) is 40.7 Å². The number of hydrogen-bond acceptors (Lipinski definition) is 2. The third-order valence-corrected chi connectivity index (χ3v) is 2.62. The van der Waals surface area contributed by atoms with Crippen LogP contribution in [0.25, 0.3) is 0 Å². The molecule has 0 aliphatic carbocycles. The predicted molar refractivity (Wildman–Crippen MR) is 58.6 cm³/mol. The first kappa shape index (κ1) is 11.9. The van der Waals surface area contributed by atoms with E-state index >= 15 is 0 Å². The fourth-order valence-electron chi connectivity index (χ4n) is 1.65. The third-order valence-electron chi connectivity index (χ3n) is 2.62. The second kappa shape index (κ2) is 5.03. The summed E-state index contributed by atoms with van der Waals surface area (Å²) in [4.78, 5) is 10.8. The Labute approximate surface area is 89.3 Å². The minimum Gasteiger partial charge on any atom is -0.330 e. The second-order valence-corrected chi connectivity index (χ2v) is 3.83. The Balaban J connectivity index is 3.15. The highest BCUT2D eigenvalue weighted by atomic mass is 19.1. The molecule has 0 saturated heterocycles. The highest BCUT2D eigenvalue weighted by Gasteiger charge is 2.12. The van der Waals surface area contributed by atoms with Crippen LogP contribution in [0.4, 0.5) is 4.39 Å². The second-order valence-electron chi connectivity index (χ2n) is 3.83. The van der Waals surface area contributed by atoms with Gasteiger partial charge in [-0.15, -0.1) is 0 Å². The van der Waals surface area contributed by atoms with E-state index in [0.717, 1.165) is 18.3 Å². The molecule has 2 nitrogen and oxygen atoms in total. The van der Waals surface area contributed by atoms with E-state index in [-0.39, 0.29) is 11.7 Å². The maximum atomic E-state index is 13.3. The maximum absolute atomic E-state index is 13.3. The average molecular weight is 209 g/mol. The topological polar surface area (TPSA) is 43.1 Å². The van der Waals surface area contributed by atoms with Gasteiger partial charge in [-0.1, -0.05) is 6.92 Å². The number of carbonyl (C=O) groups excluding carboxylic acids is 1. The quantitative estimate of drug-likeness (QED) is 0.774. The van der Waals surface area contributed by atoms with Gasteiger partial charge in [-0.3, -0.25) is 4.79 Å². The summed E-state index contributed by atoms with van der Waals surface area (Å²) in [6.07, 6.45) is 1.53. The smallest absolute Gasteiger partial charge is 0.150 e. The minimum absolute atomic E-state index is 0.116. The molecule has 1 atom stereocenters. The molecule has 1 unspecified atom stereocenters. The van der Waals surface area contributed by atoms with Crippen LogP contribution in [0, 0.1) is 12.7 Å². The first-order valence-corrected chi connectivity index (χ1v) is 5.05. The van der Waals surface area contributed by atoms with Gasteiger partial charge in [0.1, 0.15) is 12.1 Å². The molecule has 0 bridgehead atoms. The molecule has 0 heterocycles. The molecule has 1 aromatic rings. The monoisotopic (exact) mass is 209 g/mol. The molecule has 0 fully saturated rings. The predicted octanol–water partition coefficient (Wildman–Crippen LogP) is 2.40. The van der Waals surface area contributed by atoms with E-state index in [1.54, 1.807) is 13.0 Å². The van der Waals surface area contributed by atoms with E-state index in [9.17, 15) is 9.18 Å². The number of halogens is 1. The number of hydrogen-bond donors (Lipinski definition) is 1. The van der Waals surface area contributed by atoms with Crippen molar-refractivity contribution in [3.05, 3.63) is 34.6 Å². The molecule has 0 aliphatic heterocycles. The van der Waals surface area contributed by atoms with Gasteiger partial charge in [0.2, 0.25) is 0 Å². The Morgan fingerprint density at radius 2 is 2.20 bits per heavy atom. The standard InChI is InChI=1S/C12H16FNO/c1-8(3-4-14)11-6-12(13)9(2)5-10(11)7-15/h5-8H,3-4,14H2,1-2H3. The molecule has 0 radical (unpaired) electrons. The van der Waals surface area contributed by atoms with Crippen LogP contribution < -0.4 is 5.73 Å². The Morgan fingerprint density at radius 3 is 2.73 bits per heavy atom. The zero-order chi connectivity index (χ0) is 11.4. The summed E-state index contributed by atoms with van der Waals surface area (Å²) in [6, 6.07) is 3.03. The summed E-state index contributed by atoms with van der Waals surface area (Å²) in [5, 5.41) is 0. The van der Waals surface area contributed by atoms with E-state index in [0.29, 0.717) is 17.7 Å². The summed E-state index contributed by atoms with van der Waals surface area (Å²) in [6.45, 7) is 4.14. The molecule has 0 spiro atoms. The summed E-state index contributed by atoms with van der Waals surface area (Å²) >= 11 is 0. The lowest BCUT2D eigenvalue weighted by atomic mass is 9.92. The van der Waals surface area contributed by atoms with Gasteiger partial charge in [0.05, 0.1) is 0 Å². The molecule has 0 aromatic heterocycles. The molecule has 15 heavy (non-hydrogen) atoms. The zero-order valence-corrected chi connectivity index (χ0v) is 9.09. The molecule has 2 N–H and O–H groups in total. The maximum Gasteiger partial charge on any atom is 0.150 e. The van der Waals surface area contributed by atoms with Crippen molar-refractivity contribution in [2.75, 3.05) is 6.54 Å². The van der Waals surface area contributed by atoms with Crippen LogP contribution in [0.2, 0.25) is 0 Å². The molecule has 3 heteroatoms. The number of carbonyl (C=O) groups is 1. The lowest BCUT2D eigenvalue weighted by Gasteiger charge is -2.14. The lowest BCUT2D eigenvalue weighted by Crippen LogP contribution is -2.07. The third kappa shape index (κ3) is 2.63. The van der Waals surface area contributed by atoms with E-state index in [2.05, 4.69) is 0 Å². The number of nitrogens with two attached hydrogens (primary N) is 1. The Hall–Kier alpha value is -1.22. The van der Waals surface area contributed by atoms with Crippen molar-refractivity contribution >= 4 is 6.29 Å². The normalized spacial score (nSPS) is 12.5. The molecular weight excluding hydrogens is 193 g/mol. The van der Waals surface area contributed by atoms with Crippen LogP contribution in [0.3, 0.4) is 0 Å². The van der Waals surface area contributed by atoms with Crippen molar-refractivity contribution in [1.29, 1.82) is 0 Å². The van der Waals surface area contributed by atoms with E-state index in [4.69, 9.17) is 5.73 Å². The highest BCUT2D eigenvalue weighted by Crippen LogP contribution is 2.24. The number of aryl methyl sites for hydroxylation is 1. The summed E-state index contributed by atoms with van der Waals surface area (Å²) in [7, 11) is 0. The van der Waals surface area contributed by atoms with Crippen molar-refractivity contribution in [2.24, 2.45) is 5.73 Å². The molecule has 1 aromatic carbocycles. The molecule has 0 amide bonds. The van der Waals surface area contributed by atoms with Crippen molar-refractivity contribution in [1.82, 2.24) is 0 Å². The summed E-state index contributed by atoms with van der Waals surface area (Å²) in [5.41, 5.74) is 7.26. The van der Waals surface area contributed by atoms with Crippen molar-refractivity contribution in [3.63, 3.8) is 0 Å². The van der Waals surface area contributed by atoms with Crippen LogP contribution >= 0.6 is 0 Å². The highest BCUT2D eigenvalue weighted by molar-refractivity contribution is 5.78. The number of aldehydes is 1. The van der Waals surface area contributed by atoms with Gasteiger partial charge in [-0.25, -0.2) is 4.39 Å². The van der Waals surface area contributed by atoms with Crippen molar-refractivity contribution in [2.45, 2.75) is 26.2 Å². The van der Waals surface area contributed by atoms with E-state index in [1.807, 2.05) is 6.92 Å². The zero-order valence-electron chi connectivity index (χ0n) is 9.09. The van der Waals surface area contributed by atoms with E-state index < -0.39 is 0 Å². The van der Waals surface area contributed by atoms with Gasteiger partial charge < -0.3 is 5.73 Å². The summed E-state index contributed by atoms with van der Waals surface area (Å²) in [5.74, 6) is -0.148. The van der Waals surface area contributed by atoms with Crippen LogP contribution in [0.5, 0.6) is 0 Å². The first-order chi connectivity index (χ1) is 7.10. The van der Waals surface area contributed by atoms with Crippen molar-refractivity contribution in [3.8, 4) is 0 Å². The van der Waals surface area contributed by atoms with E-state index in [1.165, 1.54) is 6.07 Å². The van der Waals surface area contributed by atoms with Crippen LogP contribution in [0.15, 0.2) is 12.1 Å². The lowest BCUT2D eigenvalue weighted by molar-refractivity contribution is 0.112. The summed E-state index contributed by atoms with van der Waals surface area (Å²) < 4.78 is 13.3. The van der Waals surface area contributed by atoms with Gasteiger partial charge >= 0.3 is 0 Å². The number of benzene rings is 1. The fraction of sp³-hybridized carbons (Fsp3) is 0.417. The molecule has 1 rings (SSSR count). The molecule has 82 valence electrons.